The van der Waals surface area contributed by atoms with E-state index in [2.05, 4.69) is 6.08 Å². The van der Waals surface area contributed by atoms with Crippen molar-refractivity contribution in [1.82, 2.24) is 0 Å². The molecule has 30 heavy (non-hydrogen) atoms. The minimum absolute atomic E-state index is 0.0222. The van der Waals surface area contributed by atoms with Crippen LogP contribution in [-0.4, -0.2) is 0 Å². The highest BCUT2D eigenvalue weighted by molar-refractivity contribution is 5.55. The molecule has 0 bridgehead atoms. The molecule has 0 aliphatic heterocycles. The van der Waals surface area contributed by atoms with E-state index in [0.29, 0.717) is 0 Å². The third-order valence-corrected chi connectivity index (χ3v) is 6.26. The summed E-state index contributed by atoms with van der Waals surface area (Å²) in [6.07, 6.45) is -3.94. The van der Waals surface area contributed by atoms with Crippen LogP contribution < -0.4 is 0 Å². The molecule has 2 aromatic carbocycles. The van der Waals surface area contributed by atoms with Crippen LogP contribution in [0.3, 0.4) is 0 Å². The van der Waals surface area contributed by atoms with Gasteiger partial charge in [-0.25, -0.2) is 0 Å². The van der Waals surface area contributed by atoms with Gasteiger partial charge in [0, 0.05) is 11.8 Å². The van der Waals surface area contributed by atoms with Gasteiger partial charge in [0.15, 0.2) is 0 Å². The third kappa shape index (κ3) is 3.44. The lowest BCUT2D eigenvalue weighted by Gasteiger charge is -2.35. The lowest BCUT2D eigenvalue weighted by atomic mass is 9.68. The van der Waals surface area contributed by atoms with E-state index in [0.717, 1.165) is 53.6 Å². The van der Waals surface area contributed by atoms with Crippen LogP contribution in [-0.2, 0) is 12.4 Å². The number of rotatable bonds is 2. The molecule has 0 amide bonds. The van der Waals surface area contributed by atoms with Gasteiger partial charge in [-0.05, 0) is 59.1 Å². The second kappa shape index (κ2) is 6.89. The zero-order valence-corrected chi connectivity index (χ0v) is 16.4. The molecule has 2 aromatic rings. The van der Waals surface area contributed by atoms with Crippen molar-refractivity contribution in [2.75, 3.05) is 0 Å². The first-order valence-electron chi connectivity index (χ1n) is 9.67. The van der Waals surface area contributed by atoms with Gasteiger partial charge in [0.2, 0.25) is 0 Å². The molecule has 4 rings (SSSR count). The summed E-state index contributed by atoms with van der Waals surface area (Å²) in [6.45, 7) is 4.00. The Labute approximate surface area is 171 Å². The van der Waals surface area contributed by atoms with E-state index in [9.17, 15) is 26.3 Å². The fraction of sp³-hybridized carbons (Fsp3) is 0.333. The summed E-state index contributed by atoms with van der Waals surface area (Å²) in [5.41, 5.74) is -0.423. The molecule has 6 heteroatoms. The van der Waals surface area contributed by atoms with Gasteiger partial charge in [-0.15, -0.1) is 0 Å². The molecule has 2 aliphatic rings. The summed E-state index contributed by atoms with van der Waals surface area (Å²) < 4.78 is 77.8. The maximum atomic E-state index is 13.0. The summed E-state index contributed by atoms with van der Waals surface area (Å²) in [5, 5.41) is 0. The summed E-state index contributed by atoms with van der Waals surface area (Å²) >= 11 is 0. The minimum atomic E-state index is -4.40. The predicted molar refractivity (Wildman–Crippen MR) is 102 cm³/mol. The van der Waals surface area contributed by atoms with Gasteiger partial charge in [-0.3, -0.25) is 0 Å². The first-order valence-corrected chi connectivity index (χ1v) is 9.67. The summed E-state index contributed by atoms with van der Waals surface area (Å²) in [6, 6.07) is 10.4. The number of allylic oxidation sites excluding steroid dienone is 2. The van der Waals surface area contributed by atoms with Gasteiger partial charge in [-0.2, -0.15) is 26.3 Å². The highest BCUT2D eigenvalue weighted by Crippen LogP contribution is 2.64. The van der Waals surface area contributed by atoms with Gasteiger partial charge < -0.3 is 0 Å². The Balaban J connectivity index is 1.71. The molecular weight excluding hydrogens is 402 g/mol. The van der Waals surface area contributed by atoms with Crippen molar-refractivity contribution in [3.63, 3.8) is 0 Å². The van der Waals surface area contributed by atoms with E-state index in [4.69, 9.17) is 0 Å². The van der Waals surface area contributed by atoms with Crippen molar-refractivity contribution in [1.29, 1.82) is 0 Å². The molecule has 158 valence electrons. The van der Waals surface area contributed by atoms with Crippen molar-refractivity contribution in [2.45, 2.75) is 32.6 Å². The smallest absolute Gasteiger partial charge is 0.166 e. The molecule has 2 unspecified atom stereocenters. The zero-order valence-electron chi connectivity index (χ0n) is 16.4. The lowest BCUT2D eigenvalue weighted by Crippen LogP contribution is -2.26. The fourth-order valence-electron chi connectivity index (χ4n) is 5.08. The zero-order chi connectivity index (χ0) is 21.9. The Hall–Kier alpha value is -2.24. The second-order valence-corrected chi connectivity index (χ2v) is 8.40. The predicted octanol–water partition coefficient (Wildman–Crippen LogP) is 7.50. The van der Waals surface area contributed by atoms with Crippen LogP contribution in [0.2, 0.25) is 0 Å². The highest BCUT2D eigenvalue weighted by Gasteiger charge is 2.57. The molecule has 2 aliphatic carbocycles. The third-order valence-electron chi connectivity index (χ3n) is 6.26. The van der Waals surface area contributed by atoms with Crippen LogP contribution in [0.4, 0.5) is 26.3 Å². The number of fused-ring (bicyclic) bond motifs is 1. The first-order chi connectivity index (χ1) is 13.9. The quantitative estimate of drug-likeness (QED) is 0.347. The Morgan fingerprint density at radius 3 is 1.57 bits per heavy atom. The van der Waals surface area contributed by atoms with E-state index in [1.54, 1.807) is 0 Å². The van der Waals surface area contributed by atoms with Crippen molar-refractivity contribution in [2.24, 2.45) is 17.3 Å². The minimum Gasteiger partial charge on any atom is -0.166 e. The number of halogens is 6. The van der Waals surface area contributed by atoms with E-state index < -0.39 is 28.9 Å². The SMILES string of the molecule is CC1(C)[C](c2ccc(C(F)(F)F)cc2)C2C=CCC2[C]1c1ccc(C(F)(F)F)cc1. The standard InChI is InChI=1S/C24H20F6/c1-22(2)20(14-6-10-16(11-7-14)23(25,26)27)18-4-3-5-19(18)21(22)15-8-12-17(13-9-15)24(28,29)30/h3-4,6-13,18-19H,5H2,1-2H3. The monoisotopic (exact) mass is 422 g/mol. The van der Waals surface area contributed by atoms with E-state index in [-0.39, 0.29) is 11.8 Å². The molecule has 0 spiro atoms. The van der Waals surface area contributed by atoms with Gasteiger partial charge in [0.25, 0.3) is 0 Å². The van der Waals surface area contributed by atoms with Crippen LogP contribution in [0.15, 0.2) is 60.7 Å². The molecular formula is C24H20F6. The van der Waals surface area contributed by atoms with Crippen LogP contribution in [0, 0.1) is 29.1 Å². The lowest BCUT2D eigenvalue weighted by molar-refractivity contribution is -0.138. The molecule has 1 fully saturated rings. The number of hydrogen-bond acceptors (Lipinski definition) is 0. The summed E-state index contributed by atoms with van der Waals surface area (Å²) in [7, 11) is 0. The maximum absolute atomic E-state index is 13.0. The van der Waals surface area contributed by atoms with Crippen LogP contribution in [0.25, 0.3) is 0 Å². The maximum Gasteiger partial charge on any atom is 0.416 e. The second-order valence-electron chi connectivity index (χ2n) is 8.40. The number of benzene rings is 2. The average Bonchev–Trinajstić information content (AvgIpc) is 3.17. The molecule has 2 radical (unpaired) electrons. The van der Waals surface area contributed by atoms with Crippen molar-refractivity contribution >= 4 is 0 Å². The van der Waals surface area contributed by atoms with Crippen LogP contribution in [0.1, 0.15) is 42.5 Å². The Morgan fingerprint density at radius 2 is 1.13 bits per heavy atom. The van der Waals surface area contributed by atoms with E-state index >= 15 is 0 Å². The van der Waals surface area contributed by atoms with Crippen LogP contribution in [0.5, 0.6) is 0 Å². The molecule has 0 nitrogen and oxygen atoms in total. The Kier molecular flexibility index (Phi) is 4.83. The molecule has 1 saturated carbocycles. The molecule has 0 aromatic heterocycles. The fourth-order valence-corrected chi connectivity index (χ4v) is 5.08. The normalized spacial score (nSPS) is 24.4. The number of alkyl halides is 6. The first kappa shape index (κ1) is 21.0. The van der Waals surface area contributed by atoms with Gasteiger partial charge in [0.1, 0.15) is 0 Å². The largest absolute Gasteiger partial charge is 0.416 e. The van der Waals surface area contributed by atoms with Gasteiger partial charge in [0.05, 0.1) is 11.1 Å². The van der Waals surface area contributed by atoms with E-state index in [1.165, 1.54) is 24.3 Å². The van der Waals surface area contributed by atoms with E-state index in [1.807, 2.05) is 19.9 Å². The molecule has 0 heterocycles. The number of hydrogen-bond donors (Lipinski definition) is 0. The van der Waals surface area contributed by atoms with Crippen molar-refractivity contribution in [3.8, 4) is 0 Å². The van der Waals surface area contributed by atoms with Crippen molar-refractivity contribution in [3.05, 3.63) is 94.8 Å². The molecule has 2 atom stereocenters. The van der Waals surface area contributed by atoms with Crippen LogP contribution >= 0.6 is 0 Å². The Bertz CT molecular complexity index is 932. The molecule has 0 N–H and O–H groups in total. The topological polar surface area (TPSA) is 0 Å². The molecule has 0 saturated heterocycles. The highest BCUT2D eigenvalue weighted by atomic mass is 19.4. The van der Waals surface area contributed by atoms with Gasteiger partial charge >= 0.3 is 12.4 Å². The summed E-state index contributed by atoms with van der Waals surface area (Å²) in [4.78, 5) is 0. The van der Waals surface area contributed by atoms with Crippen molar-refractivity contribution < 1.29 is 26.3 Å². The Morgan fingerprint density at radius 1 is 0.700 bits per heavy atom. The summed E-state index contributed by atoms with van der Waals surface area (Å²) in [5.74, 6) is 2.15. The van der Waals surface area contributed by atoms with Gasteiger partial charge in [-0.1, -0.05) is 50.3 Å². The average molecular weight is 422 g/mol.